The minimum Gasteiger partial charge on any atom is -0.490 e. The molecule has 1 aliphatic heterocycles. The third-order valence-corrected chi connectivity index (χ3v) is 9.80. The second-order valence-electron chi connectivity index (χ2n) is 11.9. The fraction of sp³-hybridized carbons (Fsp3) is 0.375. The highest BCUT2D eigenvalue weighted by Crippen LogP contribution is 2.54. The SMILES string of the molecule is O=C(O)c1cc(OC2CCC2)c2cc(N3CC4C(/C=C/c5c(-c6c(Cl)cncc6Cl)noc5C5CC5)C4C3)ccc2n1. The molecule has 4 fully saturated rings. The zero-order valence-corrected chi connectivity index (χ0v) is 24.2. The van der Waals surface area contributed by atoms with Crippen molar-refractivity contribution in [1.29, 1.82) is 0 Å². The maximum atomic E-state index is 11.7. The van der Waals surface area contributed by atoms with Crippen LogP contribution >= 0.6 is 23.2 Å². The molecule has 3 aliphatic carbocycles. The van der Waals surface area contributed by atoms with Crippen LogP contribution in [0.5, 0.6) is 5.75 Å². The second-order valence-corrected chi connectivity index (χ2v) is 12.7. The summed E-state index contributed by atoms with van der Waals surface area (Å²) in [6.07, 6.45) is 13.1. The van der Waals surface area contributed by atoms with Gasteiger partial charge in [0.15, 0.2) is 5.69 Å². The molecule has 1 N–H and O–H groups in total. The summed E-state index contributed by atoms with van der Waals surface area (Å²) in [7, 11) is 0. The number of nitrogens with zero attached hydrogens (tertiary/aromatic N) is 4. The second kappa shape index (κ2) is 9.99. The van der Waals surface area contributed by atoms with E-state index in [-0.39, 0.29) is 11.8 Å². The maximum absolute atomic E-state index is 11.7. The summed E-state index contributed by atoms with van der Waals surface area (Å²) in [6.45, 7) is 1.91. The van der Waals surface area contributed by atoms with Gasteiger partial charge in [-0.05, 0) is 68.1 Å². The summed E-state index contributed by atoms with van der Waals surface area (Å²) in [6, 6.07) is 7.62. The lowest BCUT2D eigenvalue weighted by Gasteiger charge is -2.27. The molecule has 4 heterocycles. The van der Waals surface area contributed by atoms with Crippen LogP contribution < -0.4 is 9.64 Å². The van der Waals surface area contributed by atoms with Gasteiger partial charge in [-0.15, -0.1) is 0 Å². The van der Waals surface area contributed by atoms with Gasteiger partial charge in [0, 0.05) is 59.7 Å². The Kier molecular flexibility index (Phi) is 6.19. The molecule has 4 aliphatic rings. The van der Waals surface area contributed by atoms with E-state index in [2.05, 4.69) is 38.2 Å². The molecular weight excluding hydrogens is 575 g/mol. The van der Waals surface area contributed by atoms with Crippen molar-refractivity contribution >= 4 is 51.8 Å². The highest BCUT2D eigenvalue weighted by atomic mass is 35.5. The molecule has 0 bridgehead atoms. The van der Waals surface area contributed by atoms with Crippen LogP contribution in [0.4, 0.5) is 5.69 Å². The highest BCUT2D eigenvalue weighted by Gasteiger charge is 2.54. The van der Waals surface area contributed by atoms with Crippen LogP contribution in [0.25, 0.3) is 28.2 Å². The molecule has 3 aromatic heterocycles. The van der Waals surface area contributed by atoms with Crippen LogP contribution in [0, 0.1) is 17.8 Å². The first-order valence-electron chi connectivity index (χ1n) is 14.5. The van der Waals surface area contributed by atoms with Crippen LogP contribution in [-0.4, -0.2) is 45.4 Å². The molecule has 3 saturated carbocycles. The lowest BCUT2D eigenvalue weighted by Crippen LogP contribution is -2.25. The first-order valence-corrected chi connectivity index (χ1v) is 15.3. The van der Waals surface area contributed by atoms with Gasteiger partial charge in [-0.2, -0.15) is 0 Å². The van der Waals surface area contributed by atoms with Crippen LogP contribution in [0.3, 0.4) is 0 Å². The zero-order valence-electron chi connectivity index (χ0n) is 22.7. The molecule has 0 spiro atoms. The van der Waals surface area contributed by atoms with Gasteiger partial charge >= 0.3 is 5.97 Å². The van der Waals surface area contributed by atoms with E-state index < -0.39 is 5.97 Å². The monoisotopic (exact) mass is 602 g/mol. The first-order chi connectivity index (χ1) is 20.4. The number of halogens is 2. The number of anilines is 1. The van der Waals surface area contributed by atoms with Gasteiger partial charge in [0.2, 0.25) is 0 Å². The number of aromatic carboxylic acids is 1. The number of hydrogen-bond donors (Lipinski definition) is 1. The molecule has 0 amide bonds. The van der Waals surface area contributed by atoms with Crippen molar-refractivity contribution < 1.29 is 19.2 Å². The molecule has 4 aromatic rings. The van der Waals surface area contributed by atoms with Gasteiger partial charge in [-0.25, -0.2) is 9.78 Å². The largest absolute Gasteiger partial charge is 0.490 e. The molecule has 0 radical (unpaired) electrons. The van der Waals surface area contributed by atoms with Crippen molar-refractivity contribution in [1.82, 2.24) is 15.1 Å². The van der Waals surface area contributed by atoms with Crippen molar-refractivity contribution in [3.63, 3.8) is 0 Å². The number of rotatable bonds is 8. The van der Waals surface area contributed by atoms with E-state index in [1.54, 1.807) is 18.5 Å². The molecule has 1 aromatic carbocycles. The summed E-state index contributed by atoms with van der Waals surface area (Å²) < 4.78 is 12.0. The Balaban J connectivity index is 1.02. The maximum Gasteiger partial charge on any atom is 0.354 e. The van der Waals surface area contributed by atoms with Crippen molar-refractivity contribution in [2.24, 2.45) is 17.8 Å². The Morgan fingerprint density at radius 1 is 1.07 bits per heavy atom. The molecule has 214 valence electrons. The molecule has 10 heteroatoms. The Morgan fingerprint density at radius 3 is 2.50 bits per heavy atom. The molecule has 42 heavy (non-hydrogen) atoms. The predicted octanol–water partition coefficient (Wildman–Crippen LogP) is 7.49. The van der Waals surface area contributed by atoms with Gasteiger partial charge < -0.3 is 19.3 Å². The smallest absolute Gasteiger partial charge is 0.354 e. The summed E-state index contributed by atoms with van der Waals surface area (Å²) in [5.74, 6) is 2.48. The first kappa shape index (κ1) is 26.0. The minimum atomic E-state index is -1.05. The van der Waals surface area contributed by atoms with E-state index in [1.807, 2.05) is 12.1 Å². The molecule has 8 nitrogen and oxygen atoms in total. The quantitative estimate of drug-likeness (QED) is 0.221. The minimum absolute atomic E-state index is 0.0101. The lowest BCUT2D eigenvalue weighted by atomic mass is 9.96. The predicted molar refractivity (Wildman–Crippen MR) is 160 cm³/mol. The number of piperidine rings is 1. The van der Waals surface area contributed by atoms with E-state index in [4.69, 9.17) is 32.5 Å². The molecule has 2 atom stereocenters. The van der Waals surface area contributed by atoms with Gasteiger partial charge in [0.1, 0.15) is 17.2 Å². The summed E-state index contributed by atoms with van der Waals surface area (Å²) >= 11 is 12.9. The number of pyridine rings is 2. The van der Waals surface area contributed by atoms with E-state index in [9.17, 15) is 9.90 Å². The summed E-state index contributed by atoms with van der Waals surface area (Å²) in [4.78, 5) is 22.5. The highest BCUT2D eigenvalue weighted by molar-refractivity contribution is 6.39. The molecule has 2 unspecified atom stereocenters. The van der Waals surface area contributed by atoms with Gasteiger partial charge in [0.05, 0.1) is 21.7 Å². The van der Waals surface area contributed by atoms with E-state index >= 15 is 0 Å². The van der Waals surface area contributed by atoms with Crippen molar-refractivity contribution in [2.75, 3.05) is 18.0 Å². The fourth-order valence-corrected chi connectivity index (χ4v) is 7.00. The van der Waals surface area contributed by atoms with Gasteiger partial charge in [-0.3, -0.25) is 4.98 Å². The van der Waals surface area contributed by atoms with Crippen molar-refractivity contribution in [3.8, 4) is 17.0 Å². The number of aromatic nitrogens is 3. The van der Waals surface area contributed by atoms with E-state index in [0.29, 0.717) is 56.2 Å². The average molecular weight is 604 g/mol. The van der Waals surface area contributed by atoms with Gasteiger partial charge in [-0.1, -0.05) is 40.5 Å². The Bertz CT molecular complexity index is 1730. The third kappa shape index (κ3) is 4.52. The Labute approximate surface area is 252 Å². The average Bonchev–Trinajstić information content (AvgIpc) is 3.82. The van der Waals surface area contributed by atoms with Gasteiger partial charge in [0.25, 0.3) is 0 Å². The Morgan fingerprint density at radius 2 is 1.83 bits per heavy atom. The fourth-order valence-electron chi connectivity index (χ4n) is 6.46. The van der Waals surface area contributed by atoms with Crippen LogP contribution in [0.1, 0.15) is 59.8 Å². The Hall–Kier alpha value is -3.62. The topological polar surface area (TPSA) is 102 Å². The van der Waals surface area contributed by atoms with Crippen molar-refractivity contribution in [3.05, 3.63) is 69.8 Å². The van der Waals surface area contributed by atoms with Crippen LogP contribution in [0.2, 0.25) is 10.0 Å². The number of carboxylic acid groups (broad SMARTS) is 1. The van der Waals surface area contributed by atoms with Crippen LogP contribution in [-0.2, 0) is 0 Å². The van der Waals surface area contributed by atoms with E-state index in [0.717, 1.165) is 67.6 Å². The number of allylic oxidation sites excluding steroid dienone is 1. The van der Waals surface area contributed by atoms with E-state index in [1.165, 1.54) is 0 Å². The van der Waals surface area contributed by atoms with Crippen molar-refractivity contribution in [2.45, 2.75) is 44.1 Å². The van der Waals surface area contributed by atoms with Crippen LogP contribution in [0.15, 0.2) is 47.3 Å². The number of ether oxygens (including phenoxy) is 1. The third-order valence-electron chi connectivity index (χ3n) is 9.22. The number of carboxylic acids is 1. The number of hydrogen-bond acceptors (Lipinski definition) is 7. The number of fused-ring (bicyclic) bond motifs is 2. The zero-order chi connectivity index (χ0) is 28.5. The summed E-state index contributed by atoms with van der Waals surface area (Å²) in [5.41, 5.74) is 4.07. The lowest BCUT2D eigenvalue weighted by molar-refractivity contribution is 0.0689. The standard InChI is InChI=1S/C32H28Cl2N4O4/c33-24-12-35-13-25(34)29(24)30-20(31(42-37-30)16-4-5-16)8-7-19-22-14-38(15-23(19)22)17-6-9-26-21(10-17)28(41-18-2-1-3-18)11-27(36-26)32(39)40/h6-13,16,18-19,22-23H,1-5,14-15H2,(H,39,40)/b8-7+. The molecule has 8 rings (SSSR count). The number of carbonyl (C=O) groups is 1. The molecule has 1 saturated heterocycles. The molecular formula is C32H28Cl2N4O4. The number of benzene rings is 1. The normalized spacial score (nSPS) is 23.4. The summed E-state index contributed by atoms with van der Waals surface area (Å²) in [5, 5.41) is 15.7.